The molecule has 0 N–H and O–H groups in total. The van der Waals surface area contributed by atoms with Crippen molar-refractivity contribution >= 4 is 33.5 Å². The van der Waals surface area contributed by atoms with Crippen molar-refractivity contribution in [2.45, 2.75) is 32.1 Å². The monoisotopic (exact) mass is 331 g/mol. The first kappa shape index (κ1) is 15.0. The average molecular weight is 331 g/mol. The highest BCUT2D eigenvalue weighted by Gasteiger charge is 2.19. The summed E-state index contributed by atoms with van der Waals surface area (Å²) in [4.78, 5) is 10.3. The summed E-state index contributed by atoms with van der Waals surface area (Å²) in [5.41, 5.74) is 4.05. The Hall–Kier alpha value is -2.51. The lowest BCUT2D eigenvalue weighted by Crippen LogP contribution is -1.87. The number of thiophene rings is 1. The molecule has 3 aromatic rings. The number of nitrogens with zero attached hydrogens (tertiary/aromatic N) is 3. The second kappa shape index (κ2) is 6.54. The van der Waals surface area contributed by atoms with Gasteiger partial charge in [-0.3, -0.25) is 4.98 Å². The van der Waals surface area contributed by atoms with Crippen LogP contribution in [0.15, 0.2) is 41.5 Å². The van der Waals surface area contributed by atoms with Crippen molar-refractivity contribution < 1.29 is 0 Å². The molecule has 0 saturated heterocycles. The van der Waals surface area contributed by atoms with E-state index >= 15 is 0 Å². The molecule has 2 aromatic heterocycles. The highest BCUT2D eigenvalue weighted by Crippen LogP contribution is 2.38. The van der Waals surface area contributed by atoms with Crippen LogP contribution in [0.3, 0.4) is 0 Å². The Labute approximate surface area is 145 Å². The number of hydrogen-bond donors (Lipinski definition) is 0. The van der Waals surface area contributed by atoms with Gasteiger partial charge in [0.15, 0.2) is 0 Å². The molecule has 3 nitrogen and oxygen atoms in total. The van der Waals surface area contributed by atoms with Gasteiger partial charge in [-0.25, -0.2) is 4.99 Å². The fraction of sp³-hybridized carbons (Fsp3) is 0.250. The van der Waals surface area contributed by atoms with Crippen LogP contribution in [-0.2, 0) is 12.8 Å². The van der Waals surface area contributed by atoms with Gasteiger partial charge in [-0.15, -0.1) is 11.3 Å². The maximum Gasteiger partial charge on any atom is 0.134 e. The van der Waals surface area contributed by atoms with Crippen molar-refractivity contribution in [3.8, 4) is 6.07 Å². The number of aromatic nitrogens is 1. The van der Waals surface area contributed by atoms with E-state index in [-0.39, 0.29) is 0 Å². The molecule has 0 amide bonds. The molecule has 0 bridgehead atoms. The summed E-state index contributed by atoms with van der Waals surface area (Å²) < 4.78 is 0. The summed E-state index contributed by atoms with van der Waals surface area (Å²) in [7, 11) is 0. The predicted octanol–water partition coefficient (Wildman–Crippen LogP) is 5.19. The Bertz CT molecular complexity index is 963. The van der Waals surface area contributed by atoms with Gasteiger partial charge in [0.05, 0.1) is 11.1 Å². The number of rotatable bonds is 2. The maximum absolute atomic E-state index is 9.57. The van der Waals surface area contributed by atoms with Crippen molar-refractivity contribution in [3.63, 3.8) is 0 Å². The molecule has 1 aliphatic rings. The lowest BCUT2D eigenvalue weighted by Gasteiger charge is -1.98. The molecule has 0 fully saturated rings. The molecule has 2 heterocycles. The molecule has 0 unspecified atom stereocenters. The van der Waals surface area contributed by atoms with Crippen LogP contribution in [0.2, 0.25) is 0 Å². The van der Waals surface area contributed by atoms with Gasteiger partial charge in [-0.1, -0.05) is 18.6 Å². The van der Waals surface area contributed by atoms with E-state index in [4.69, 9.17) is 0 Å². The van der Waals surface area contributed by atoms with Crippen molar-refractivity contribution in [1.82, 2.24) is 4.98 Å². The normalized spacial score (nSPS) is 14.5. The maximum atomic E-state index is 9.57. The standard InChI is InChI=1S/C20H17N3S/c21-12-17-16-6-2-1-3-7-19(16)24-20(17)23-13-14-8-9-18-15(11-14)5-4-10-22-18/h4-5,8-11,13H,1-3,6-7H2/b23-13+. The van der Waals surface area contributed by atoms with E-state index in [0.717, 1.165) is 39.9 Å². The lowest BCUT2D eigenvalue weighted by atomic mass is 10.1. The van der Waals surface area contributed by atoms with E-state index in [9.17, 15) is 5.26 Å². The fourth-order valence-electron chi connectivity index (χ4n) is 3.24. The summed E-state index contributed by atoms with van der Waals surface area (Å²) >= 11 is 1.69. The number of nitriles is 1. The minimum Gasteiger partial charge on any atom is -0.256 e. The topological polar surface area (TPSA) is 49.0 Å². The van der Waals surface area contributed by atoms with Crippen molar-refractivity contribution in [2.75, 3.05) is 0 Å². The first-order chi connectivity index (χ1) is 11.8. The Morgan fingerprint density at radius 1 is 1.17 bits per heavy atom. The summed E-state index contributed by atoms with van der Waals surface area (Å²) in [5, 5.41) is 11.5. The average Bonchev–Trinajstić information content (AvgIpc) is 2.79. The minimum atomic E-state index is 0.788. The molecular weight excluding hydrogens is 314 g/mol. The molecule has 24 heavy (non-hydrogen) atoms. The number of benzene rings is 1. The number of pyridine rings is 1. The minimum absolute atomic E-state index is 0.788. The number of fused-ring (bicyclic) bond motifs is 2. The van der Waals surface area contributed by atoms with E-state index in [1.807, 2.05) is 30.5 Å². The van der Waals surface area contributed by atoms with Crippen LogP contribution in [0.5, 0.6) is 0 Å². The number of hydrogen-bond acceptors (Lipinski definition) is 4. The first-order valence-electron chi connectivity index (χ1n) is 8.28. The first-order valence-corrected chi connectivity index (χ1v) is 9.10. The molecule has 4 rings (SSSR count). The molecule has 0 aliphatic heterocycles. The molecule has 4 heteroatoms. The molecule has 1 aliphatic carbocycles. The molecule has 1 aromatic carbocycles. The molecule has 0 saturated carbocycles. The summed E-state index contributed by atoms with van der Waals surface area (Å²) in [5.74, 6) is 0. The Morgan fingerprint density at radius 2 is 2.08 bits per heavy atom. The number of aryl methyl sites for hydroxylation is 1. The predicted molar refractivity (Wildman–Crippen MR) is 99.3 cm³/mol. The highest BCUT2D eigenvalue weighted by molar-refractivity contribution is 7.16. The molecule has 0 radical (unpaired) electrons. The van der Waals surface area contributed by atoms with Crippen molar-refractivity contribution in [2.24, 2.45) is 4.99 Å². The quantitative estimate of drug-likeness (QED) is 0.479. The van der Waals surface area contributed by atoms with Crippen LogP contribution >= 0.6 is 11.3 Å². The van der Waals surface area contributed by atoms with Gasteiger partial charge in [0.1, 0.15) is 11.1 Å². The Balaban J connectivity index is 1.69. The van der Waals surface area contributed by atoms with E-state index in [1.165, 1.54) is 29.7 Å². The second-order valence-corrected chi connectivity index (χ2v) is 7.15. The second-order valence-electron chi connectivity index (χ2n) is 6.07. The third kappa shape index (κ3) is 2.83. The van der Waals surface area contributed by atoms with Crippen LogP contribution in [0.1, 0.15) is 40.8 Å². The van der Waals surface area contributed by atoms with Gasteiger partial charge in [0, 0.05) is 22.7 Å². The third-order valence-electron chi connectivity index (χ3n) is 4.47. The van der Waals surface area contributed by atoms with Crippen LogP contribution in [0.4, 0.5) is 5.00 Å². The lowest BCUT2D eigenvalue weighted by molar-refractivity contribution is 0.712. The highest BCUT2D eigenvalue weighted by atomic mass is 32.1. The van der Waals surface area contributed by atoms with Gasteiger partial charge >= 0.3 is 0 Å². The molecule has 0 spiro atoms. The molecule has 0 atom stereocenters. The van der Waals surface area contributed by atoms with Crippen molar-refractivity contribution in [1.29, 1.82) is 5.26 Å². The smallest absolute Gasteiger partial charge is 0.134 e. The summed E-state index contributed by atoms with van der Waals surface area (Å²) in [6.07, 6.45) is 9.43. The van der Waals surface area contributed by atoms with Crippen LogP contribution in [0.25, 0.3) is 10.9 Å². The van der Waals surface area contributed by atoms with Gasteiger partial charge in [-0.05, 0) is 55.0 Å². The van der Waals surface area contributed by atoms with Crippen LogP contribution in [-0.4, -0.2) is 11.2 Å². The zero-order valence-corrected chi connectivity index (χ0v) is 14.1. The van der Waals surface area contributed by atoms with Gasteiger partial charge < -0.3 is 0 Å². The van der Waals surface area contributed by atoms with Crippen LogP contribution in [0, 0.1) is 11.3 Å². The SMILES string of the molecule is N#Cc1c(/N=C/c2ccc3ncccc3c2)sc2c1CCCCC2. The van der Waals surface area contributed by atoms with E-state index in [2.05, 4.69) is 22.1 Å². The largest absolute Gasteiger partial charge is 0.256 e. The van der Waals surface area contributed by atoms with Gasteiger partial charge in [-0.2, -0.15) is 5.26 Å². The Kier molecular flexibility index (Phi) is 4.10. The van der Waals surface area contributed by atoms with Gasteiger partial charge in [0.25, 0.3) is 0 Å². The molecule has 118 valence electrons. The number of aliphatic imine (C=N–C) groups is 1. The van der Waals surface area contributed by atoms with E-state index in [0.29, 0.717) is 0 Å². The Morgan fingerprint density at radius 3 is 3.00 bits per heavy atom. The summed E-state index contributed by atoms with van der Waals surface area (Å²) in [6, 6.07) is 12.5. The van der Waals surface area contributed by atoms with Crippen molar-refractivity contribution in [3.05, 3.63) is 58.1 Å². The zero-order valence-electron chi connectivity index (χ0n) is 13.3. The van der Waals surface area contributed by atoms with Crippen LogP contribution < -0.4 is 0 Å². The fourth-order valence-corrected chi connectivity index (χ4v) is 4.43. The zero-order chi connectivity index (χ0) is 16.4. The molecular formula is C20H17N3S. The summed E-state index contributed by atoms with van der Waals surface area (Å²) in [6.45, 7) is 0. The third-order valence-corrected chi connectivity index (χ3v) is 5.67. The van der Waals surface area contributed by atoms with E-state index < -0.39 is 0 Å². The van der Waals surface area contributed by atoms with Gasteiger partial charge in [0.2, 0.25) is 0 Å². The van der Waals surface area contributed by atoms with E-state index in [1.54, 1.807) is 17.5 Å².